The van der Waals surface area contributed by atoms with Crippen LogP contribution < -0.4 is 10.6 Å². The van der Waals surface area contributed by atoms with Gasteiger partial charge in [0.1, 0.15) is 6.07 Å². The Morgan fingerprint density at radius 1 is 1.25 bits per heavy atom. The quantitative estimate of drug-likeness (QED) is 0.455. The first kappa shape index (κ1) is 21.1. The Hall–Kier alpha value is -3.04. The Morgan fingerprint density at radius 3 is 2.75 bits per heavy atom. The highest BCUT2D eigenvalue weighted by molar-refractivity contribution is 7.90. The molecule has 10 nitrogen and oxygen atoms in total. The zero-order chi connectivity index (χ0) is 27.8. The molecule has 3 heterocycles. The molecule has 0 atom stereocenters. The van der Waals surface area contributed by atoms with Crippen LogP contribution in [0.5, 0.6) is 0 Å². The van der Waals surface area contributed by atoms with Crippen molar-refractivity contribution in [3.63, 3.8) is 0 Å². The van der Waals surface area contributed by atoms with Gasteiger partial charge in [0.05, 0.1) is 39.6 Å². The first-order chi connectivity index (χ1) is 18.5. The third-order valence-corrected chi connectivity index (χ3v) is 9.11. The van der Waals surface area contributed by atoms with Crippen molar-refractivity contribution in [2.45, 2.75) is 43.5 Å². The van der Waals surface area contributed by atoms with Crippen LogP contribution in [0.2, 0.25) is 5.02 Å². The number of benzene rings is 1. The van der Waals surface area contributed by atoms with Crippen molar-refractivity contribution in [2.24, 2.45) is 0 Å². The number of anilines is 1. The van der Waals surface area contributed by atoms with Gasteiger partial charge in [0.15, 0.2) is 0 Å². The van der Waals surface area contributed by atoms with E-state index in [4.69, 9.17) is 15.7 Å². The van der Waals surface area contributed by atoms with Gasteiger partial charge in [0.2, 0.25) is 16.0 Å². The van der Waals surface area contributed by atoms with Gasteiger partial charge in [0, 0.05) is 41.5 Å². The molecular formula is C24H27ClN8O2S. The van der Waals surface area contributed by atoms with Gasteiger partial charge in [-0.2, -0.15) is 10.4 Å². The molecule has 2 aliphatic rings. The molecule has 1 aliphatic carbocycles. The lowest BCUT2D eigenvalue weighted by molar-refractivity contribution is 0.328. The average Bonchev–Trinajstić information content (AvgIpc) is 3.66. The molecule has 36 heavy (non-hydrogen) atoms. The first-order valence-electron chi connectivity index (χ1n) is 13.1. The molecule has 3 aromatic rings. The van der Waals surface area contributed by atoms with Crippen LogP contribution in [0.4, 0.5) is 5.95 Å². The van der Waals surface area contributed by atoms with Crippen molar-refractivity contribution in [3.05, 3.63) is 52.9 Å². The minimum atomic E-state index is -3.18. The number of piperidine rings is 1. The molecule has 1 saturated heterocycles. The summed E-state index contributed by atoms with van der Waals surface area (Å²) in [6.45, 7) is -1.20. The number of nitriles is 1. The van der Waals surface area contributed by atoms with Crippen LogP contribution in [0.1, 0.15) is 40.9 Å². The van der Waals surface area contributed by atoms with Gasteiger partial charge >= 0.3 is 0 Å². The predicted octanol–water partition coefficient (Wildman–Crippen LogP) is 2.94. The molecule has 0 radical (unpaired) electrons. The number of sulfonamides is 1. The van der Waals surface area contributed by atoms with E-state index in [9.17, 15) is 13.7 Å². The summed E-state index contributed by atoms with van der Waals surface area (Å²) in [5, 5.41) is 19.9. The Morgan fingerprint density at radius 2 is 2.06 bits per heavy atom. The normalized spacial score (nSPS) is 18.7. The summed E-state index contributed by atoms with van der Waals surface area (Å²) in [6.07, 6.45) is 7.51. The largest absolute Gasteiger partial charge is 0.351 e. The zero-order valence-electron chi connectivity index (χ0n) is 22.4. The third-order valence-electron chi connectivity index (χ3n) is 6.41. The molecule has 5 rings (SSSR count). The van der Waals surface area contributed by atoms with Crippen molar-refractivity contribution in [3.8, 4) is 23.0 Å². The Labute approximate surface area is 219 Å². The van der Waals surface area contributed by atoms with Crippen LogP contribution >= 0.6 is 11.6 Å². The minimum absolute atomic E-state index is 0.0105. The molecule has 1 saturated carbocycles. The van der Waals surface area contributed by atoms with Crippen LogP contribution in [-0.4, -0.2) is 63.8 Å². The fourth-order valence-corrected chi connectivity index (χ4v) is 6.46. The highest BCUT2D eigenvalue weighted by Crippen LogP contribution is 2.33. The second kappa shape index (κ2) is 10.1. The van der Waals surface area contributed by atoms with Gasteiger partial charge in [-0.15, -0.1) is 0 Å². The highest BCUT2D eigenvalue weighted by atomic mass is 35.5. The van der Waals surface area contributed by atoms with Gasteiger partial charge in [-0.1, -0.05) is 17.7 Å². The van der Waals surface area contributed by atoms with E-state index in [2.05, 4.69) is 31.8 Å². The number of rotatable bonds is 8. The van der Waals surface area contributed by atoms with E-state index in [1.165, 1.54) is 6.20 Å². The summed E-state index contributed by atoms with van der Waals surface area (Å²) in [6, 6.07) is 7.30. The van der Waals surface area contributed by atoms with E-state index >= 15 is 0 Å². The molecule has 0 spiro atoms. The fourth-order valence-electron chi connectivity index (χ4n) is 4.29. The van der Waals surface area contributed by atoms with Gasteiger partial charge in [0.25, 0.3) is 0 Å². The van der Waals surface area contributed by atoms with E-state index in [1.807, 2.05) is 0 Å². The van der Waals surface area contributed by atoms with Crippen LogP contribution in [0, 0.1) is 11.3 Å². The van der Waals surface area contributed by atoms with Crippen LogP contribution in [0.25, 0.3) is 16.9 Å². The van der Waals surface area contributed by atoms with Crippen molar-refractivity contribution in [1.29, 1.82) is 5.26 Å². The lowest BCUT2D eigenvalue weighted by Crippen LogP contribution is -2.43. The van der Waals surface area contributed by atoms with E-state index in [0.29, 0.717) is 59.4 Å². The summed E-state index contributed by atoms with van der Waals surface area (Å²) in [4.78, 5) is 8.87. The molecule has 188 valence electrons. The van der Waals surface area contributed by atoms with Crippen molar-refractivity contribution < 1.29 is 12.5 Å². The van der Waals surface area contributed by atoms with Gasteiger partial charge < -0.3 is 10.6 Å². The maximum atomic E-state index is 12.5. The van der Waals surface area contributed by atoms with Gasteiger partial charge in [-0.25, -0.2) is 27.4 Å². The van der Waals surface area contributed by atoms with Crippen molar-refractivity contribution in [1.82, 2.24) is 29.4 Å². The second-order valence-electron chi connectivity index (χ2n) is 8.94. The highest BCUT2D eigenvalue weighted by Gasteiger charge is 2.41. The molecule has 0 bridgehead atoms. The topological polar surface area (TPSA) is 129 Å². The second-order valence-corrected chi connectivity index (χ2v) is 11.6. The zero-order valence-corrected chi connectivity index (χ0v) is 20.9. The standard InChI is InChI=1S/C24H27ClN8O2S/c1-27-12-16-2-5-22(21(25)10-16)33-15-18(14-29-33)23-17(11-26)13-28-24(31-23)30-19-6-8-32(9-7-19)36(34,35)20-3-4-20/h2,5,10,13-15,19-20,27H,3-4,6-9,12H2,1H3,(H,28,30,31)/i1D3. The molecule has 0 unspecified atom stereocenters. The molecule has 1 aliphatic heterocycles. The smallest absolute Gasteiger partial charge is 0.223 e. The fraction of sp³-hybridized carbons (Fsp3) is 0.417. The van der Waals surface area contributed by atoms with Gasteiger partial charge in [-0.3, -0.25) is 0 Å². The predicted molar refractivity (Wildman–Crippen MR) is 137 cm³/mol. The minimum Gasteiger partial charge on any atom is -0.351 e. The lowest BCUT2D eigenvalue weighted by Gasteiger charge is -2.31. The summed E-state index contributed by atoms with van der Waals surface area (Å²) >= 11 is 6.46. The van der Waals surface area contributed by atoms with Crippen LogP contribution in [0.15, 0.2) is 36.8 Å². The molecule has 2 N–H and O–H groups in total. The SMILES string of the molecule is [2H]C([2H])([2H])NCc1ccc(-n2cc(-c3nc(NC4CCN(S(=O)(=O)C5CC5)CC4)ncc3C#N)cn2)c(Cl)c1. The van der Waals surface area contributed by atoms with Crippen molar-refractivity contribution in [2.75, 3.05) is 25.4 Å². The Kier molecular flexibility index (Phi) is 5.94. The van der Waals surface area contributed by atoms with Crippen LogP contribution in [0.3, 0.4) is 0 Å². The molecular weight excluding hydrogens is 500 g/mol. The molecule has 2 aromatic heterocycles. The number of nitrogens with zero attached hydrogens (tertiary/aromatic N) is 6. The number of aromatic nitrogens is 4. The summed E-state index contributed by atoms with van der Waals surface area (Å²) in [7, 11) is -3.18. The van der Waals surface area contributed by atoms with E-state index < -0.39 is 17.0 Å². The Bertz CT molecular complexity index is 1510. The summed E-state index contributed by atoms with van der Waals surface area (Å²) < 4.78 is 50.0. The monoisotopic (exact) mass is 529 g/mol. The van der Waals surface area contributed by atoms with Gasteiger partial charge in [-0.05, 0) is 50.4 Å². The molecule has 0 amide bonds. The maximum absolute atomic E-state index is 12.5. The van der Waals surface area contributed by atoms with E-state index in [1.54, 1.807) is 39.6 Å². The summed E-state index contributed by atoms with van der Waals surface area (Å²) in [5.74, 6) is 0.351. The number of hydrogen-bond donors (Lipinski definition) is 2. The maximum Gasteiger partial charge on any atom is 0.223 e. The van der Waals surface area contributed by atoms with Crippen LogP contribution in [-0.2, 0) is 16.6 Å². The number of halogens is 1. The number of nitrogens with one attached hydrogen (secondary N) is 2. The molecule has 12 heteroatoms. The van der Waals surface area contributed by atoms with Crippen molar-refractivity contribution >= 4 is 27.6 Å². The van der Waals surface area contributed by atoms with E-state index in [-0.39, 0.29) is 23.4 Å². The molecule has 1 aromatic carbocycles. The Balaban J connectivity index is 1.29. The summed E-state index contributed by atoms with van der Waals surface area (Å²) in [5.41, 5.74) is 2.57. The molecule has 2 fully saturated rings. The first-order valence-corrected chi connectivity index (χ1v) is 13.5. The lowest BCUT2D eigenvalue weighted by atomic mass is 10.1. The third kappa shape index (κ3) is 5.08. The van der Waals surface area contributed by atoms with E-state index in [0.717, 1.165) is 12.8 Å². The number of hydrogen-bond acceptors (Lipinski definition) is 8. The average molecular weight is 530 g/mol.